The van der Waals surface area contributed by atoms with E-state index in [-0.39, 0.29) is 16.9 Å². The number of hydrogen-bond donors (Lipinski definition) is 2. The number of amides is 2. The molecule has 0 aliphatic carbocycles. The molecule has 2 N–H and O–H groups in total. The van der Waals surface area contributed by atoms with Crippen LogP contribution >= 0.6 is 22.9 Å². The van der Waals surface area contributed by atoms with Crippen molar-refractivity contribution >= 4 is 56.4 Å². The number of fused-ring (bicyclic) bond motifs is 1. The summed E-state index contributed by atoms with van der Waals surface area (Å²) in [6.07, 6.45) is 5.69. The number of methoxy groups -OCH3 is 1. The molecule has 5 aromatic rings. The van der Waals surface area contributed by atoms with E-state index in [1.165, 1.54) is 46.9 Å². The lowest BCUT2D eigenvalue weighted by molar-refractivity contribution is 0.109. The number of thiazole rings is 1. The van der Waals surface area contributed by atoms with Crippen molar-refractivity contribution in [2.45, 2.75) is 13.0 Å². The Hall–Kier alpha value is -4.20. The number of benzene rings is 1. The molecule has 0 spiro atoms. The maximum atomic E-state index is 13.5. The number of carbonyl (C=O) groups is 1. The van der Waals surface area contributed by atoms with E-state index < -0.39 is 6.03 Å². The fourth-order valence-corrected chi connectivity index (χ4v) is 5.04. The van der Waals surface area contributed by atoms with Crippen LogP contribution in [0.1, 0.15) is 16.7 Å². The third kappa shape index (κ3) is 5.79. The molecule has 0 fully saturated rings. The van der Waals surface area contributed by atoms with E-state index in [1.807, 2.05) is 18.9 Å². The molecule has 0 saturated carbocycles. The van der Waals surface area contributed by atoms with Gasteiger partial charge in [0.15, 0.2) is 5.82 Å². The van der Waals surface area contributed by atoms with Crippen molar-refractivity contribution in [2.75, 3.05) is 36.2 Å². The van der Waals surface area contributed by atoms with Crippen LogP contribution in [0.25, 0.3) is 16.2 Å². The predicted molar refractivity (Wildman–Crippen MR) is 148 cm³/mol. The van der Waals surface area contributed by atoms with E-state index in [2.05, 4.69) is 35.8 Å². The summed E-state index contributed by atoms with van der Waals surface area (Å²) in [7, 11) is 3.46. The summed E-state index contributed by atoms with van der Waals surface area (Å²) in [4.78, 5) is 30.3. The molecular weight excluding hydrogens is 545 g/mol. The molecule has 11 nitrogen and oxygen atoms in total. The van der Waals surface area contributed by atoms with E-state index >= 15 is 0 Å². The fraction of sp³-hybridized carbons (Fsp3) is 0.200. The second-order valence-electron chi connectivity index (χ2n) is 8.49. The molecular formula is C25H23ClFN9O2S. The molecule has 1 atom stereocenters. The van der Waals surface area contributed by atoms with E-state index in [0.29, 0.717) is 34.9 Å². The quantitative estimate of drug-likeness (QED) is 0.261. The van der Waals surface area contributed by atoms with Crippen molar-refractivity contribution in [2.24, 2.45) is 0 Å². The molecule has 5 rings (SSSR count). The standard InChI is InChI=1S/C25H23ClFN9O2S/c1-14-32-21-22(35(2)13-20(38-3)15-4-6-16(27)7-5-15)19(12-29-24(21)39-14)34-25(37)33-17-10-18(26)23(28-11-17)36-30-8-9-31-36/h4-12,20H,13H2,1-3H3,(H2,33,34,37). The van der Waals surface area contributed by atoms with Crippen molar-refractivity contribution < 1.29 is 13.9 Å². The highest BCUT2D eigenvalue weighted by atomic mass is 35.5. The monoisotopic (exact) mass is 567 g/mol. The van der Waals surface area contributed by atoms with E-state index in [1.54, 1.807) is 31.5 Å². The number of aromatic nitrogens is 6. The van der Waals surface area contributed by atoms with Gasteiger partial charge in [0.1, 0.15) is 16.2 Å². The van der Waals surface area contributed by atoms with Gasteiger partial charge in [0, 0.05) is 20.7 Å². The molecule has 1 aromatic carbocycles. The number of likely N-dealkylation sites (N-methyl/N-ethyl adjacent to an activating group) is 1. The van der Waals surface area contributed by atoms with Gasteiger partial charge in [-0.3, -0.25) is 0 Å². The first kappa shape index (κ1) is 26.4. The zero-order valence-electron chi connectivity index (χ0n) is 21.1. The maximum absolute atomic E-state index is 13.5. The molecule has 1 unspecified atom stereocenters. The second-order valence-corrected chi connectivity index (χ2v) is 10.1. The van der Waals surface area contributed by atoms with Gasteiger partial charge in [-0.25, -0.2) is 24.1 Å². The number of rotatable bonds is 8. The molecule has 0 bridgehead atoms. The number of hydrogen-bond acceptors (Lipinski definition) is 9. The van der Waals surface area contributed by atoms with Crippen LogP contribution in [0.2, 0.25) is 5.02 Å². The van der Waals surface area contributed by atoms with Gasteiger partial charge in [0.05, 0.1) is 58.0 Å². The Morgan fingerprint density at radius 2 is 1.92 bits per heavy atom. The number of anilines is 3. The maximum Gasteiger partial charge on any atom is 0.323 e. The highest BCUT2D eigenvalue weighted by Gasteiger charge is 2.22. The molecule has 39 heavy (non-hydrogen) atoms. The molecule has 0 saturated heterocycles. The number of nitrogens with one attached hydrogen (secondary N) is 2. The third-order valence-electron chi connectivity index (χ3n) is 5.79. The first-order chi connectivity index (χ1) is 18.8. The van der Waals surface area contributed by atoms with Crippen molar-refractivity contribution in [1.82, 2.24) is 29.9 Å². The van der Waals surface area contributed by atoms with Crippen LogP contribution in [0.3, 0.4) is 0 Å². The summed E-state index contributed by atoms with van der Waals surface area (Å²) >= 11 is 7.78. The SMILES string of the molecule is COC(CN(C)c1c(NC(=O)Nc2cnc(-n3nccn3)c(Cl)c2)cnc2sc(C)nc12)c1ccc(F)cc1. The van der Waals surface area contributed by atoms with Crippen LogP contribution in [0.4, 0.5) is 26.2 Å². The van der Waals surface area contributed by atoms with Gasteiger partial charge in [-0.15, -0.1) is 4.80 Å². The Morgan fingerprint density at radius 3 is 2.62 bits per heavy atom. The average molecular weight is 568 g/mol. The first-order valence-corrected chi connectivity index (χ1v) is 12.9. The molecule has 0 aliphatic rings. The van der Waals surface area contributed by atoms with Gasteiger partial charge >= 0.3 is 6.03 Å². The van der Waals surface area contributed by atoms with Gasteiger partial charge in [-0.1, -0.05) is 35.1 Å². The highest BCUT2D eigenvalue weighted by Crippen LogP contribution is 2.36. The second kappa shape index (κ2) is 11.3. The lowest BCUT2D eigenvalue weighted by Gasteiger charge is -2.27. The van der Waals surface area contributed by atoms with Gasteiger partial charge in [0.2, 0.25) is 0 Å². The first-order valence-electron chi connectivity index (χ1n) is 11.7. The summed E-state index contributed by atoms with van der Waals surface area (Å²) in [5, 5.41) is 14.7. The van der Waals surface area contributed by atoms with Crippen LogP contribution in [0.5, 0.6) is 0 Å². The summed E-state index contributed by atoms with van der Waals surface area (Å²) in [5.41, 5.74) is 2.94. The molecule has 200 valence electrons. The number of halogens is 2. The van der Waals surface area contributed by atoms with Crippen LogP contribution in [-0.4, -0.2) is 56.7 Å². The summed E-state index contributed by atoms with van der Waals surface area (Å²) in [6.45, 7) is 2.29. The van der Waals surface area contributed by atoms with Crippen molar-refractivity contribution in [3.63, 3.8) is 0 Å². The average Bonchev–Trinajstić information content (AvgIpc) is 3.57. The van der Waals surface area contributed by atoms with Crippen LogP contribution in [0, 0.1) is 12.7 Å². The minimum absolute atomic E-state index is 0.261. The third-order valence-corrected chi connectivity index (χ3v) is 6.95. The van der Waals surface area contributed by atoms with Crippen molar-refractivity contribution in [1.29, 1.82) is 0 Å². The number of carbonyl (C=O) groups excluding carboxylic acids is 1. The van der Waals surface area contributed by atoms with Crippen molar-refractivity contribution in [3.05, 3.63) is 76.5 Å². The molecule has 14 heteroatoms. The van der Waals surface area contributed by atoms with Gasteiger partial charge in [0.25, 0.3) is 0 Å². The minimum Gasteiger partial charge on any atom is -0.375 e. The number of ether oxygens (including phenoxy) is 1. The topological polar surface area (TPSA) is 123 Å². The smallest absolute Gasteiger partial charge is 0.323 e. The van der Waals surface area contributed by atoms with Crippen LogP contribution < -0.4 is 15.5 Å². The molecule has 2 amide bonds. The molecule has 4 aromatic heterocycles. The molecule has 4 heterocycles. The zero-order chi connectivity index (χ0) is 27.5. The Labute approximate surface area is 231 Å². The predicted octanol–water partition coefficient (Wildman–Crippen LogP) is 5.24. The lowest BCUT2D eigenvalue weighted by Crippen LogP contribution is -2.28. The minimum atomic E-state index is -0.526. The number of urea groups is 1. The number of pyridine rings is 2. The van der Waals surface area contributed by atoms with Crippen LogP contribution in [-0.2, 0) is 4.74 Å². The summed E-state index contributed by atoms with van der Waals surface area (Å²) in [6, 6.07) is 7.19. The normalized spacial score (nSPS) is 11.9. The van der Waals surface area contributed by atoms with Gasteiger partial charge in [-0.05, 0) is 30.7 Å². The van der Waals surface area contributed by atoms with E-state index in [4.69, 9.17) is 16.3 Å². The molecule has 0 radical (unpaired) electrons. The fourth-order valence-electron chi connectivity index (χ4n) is 4.04. The van der Waals surface area contributed by atoms with Gasteiger partial charge < -0.3 is 20.3 Å². The largest absolute Gasteiger partial charge is 0.375 e. The Bertz CT molecular complexity index is 1610. The Kier molecular flexibility index (Phi) is 7.63. The Morgan fingerprint density at radius 1 is 1.18 bits per heavy atom. The zero-order valence-corrected chi connectivity index (χ0v) is 22.7. The Balaban J connectivity index is 1.39. The number of nitrogens with zero attached hydrogens (tertiary/aromatic N) is 7. The lowest BCUT2D eigenvalue weighted by atomic mass is 10.1. The summed E-state index contributed by atoms with van der Waals surface area (Å²) in [5.74, 6) is 0.0105. The highest BCUT2D eigenvalue weighted by molar-refractivity contribution is 7.18. The van der Waals surface area contributed by atoms with Crippen molar-refractivity contribution in [3.8, 4) is 5.82 Å². The number of aryl methyl sites for hydroxylation is 1. The molecule has 0 aliphatic heterocycles. The van der Waals surface area contributed by atoms with Crippen LogP contribution in [0.15, 0.2) is 55.1 Å². The van der Waals surface area contributed by atoms with E-state index in [0.717, 1.165) is 15.4 Å². The van der Waals surface area contributed by atoms with E-state index in [9.17, 15) is 9.18 Å². The summed E-state index contributed by atoms with van der Waals surface area (Å²) < 4.78 is 19.2. The van der Waals surface area contributed by atoms with Gasteiger partial charge in [-0.2, -0.15) is 10.2 Å².